The van der Waals surface area contributed by atoms with Gasteiger partial charge in [0.05, 0.1) is 21.8 Å². The van der Waals surface area contributed by atoms with Crippen molar-refractivity contribution in [2.24, 2.45) is 0 Å². The van der Waals surface area contributed by atoms with Crippen LogP contribution in [0, 0.1) is 18.2 Å². The molecule has 0 radical (unpaired) electrons. The van der Waals surface area contributed by atoms with Crippen molar-refractivity contribution in [2.45, 2.75) is 83.0 Å². The summed E-state index contributed by atoms with van der Waals surface area (Å²) in [6, 6.07) is 4.16. The van der Waals surface area contributed by atoms with Crippen molar-refractivity contribution in [3.8, 4) is 17.1 Å². The average molecular weight is 727 g/mol. The first-order valence-electron chi connectivity index (χ1n) is 17.0. The Balaban J connectivity index is 1.36. The largest absolute Gasteiger partial charge is 0.461 e. The molecular formula is C36H38ClF3N6O3S. The van der Waals surface area contributed by atoms with Crippen LogP contribution in [0.3, 0.4) is 0 Å². The van der Waals surface area contributed by atoms with Gasteiger partial charge in [-0.3, -0.25) is 10.2 Å². The molecular weight excluding hydrogens is 689 g/mol. The maximum Gasteiger partial charge on any atom is 0.411 e. The van der Waals surface area contributed by atoms with E-state index in [-0.39, 0.29) is 55.1 Å². The molecule has 1 amide bonds. The Morgan fingerprint density at radius 1 is 1.16 bits per heavy atom. The summed E-state index contributed by atoms with van der Waals surface area (Å²) in [6.45, 7) is 15.8. The van der Waals surface area contributed by atoms with Gasteiger partial charge in [0.2, 0.25) is 5.69 Å². The lowest BCUT2D eigenvalue weighted by molar-refractivity contribution is 0.0636. The molecule has 50 heavy (non-hydrogen) atoms. The number of hydrogen-bond donors (Lipinski definition) is 1. The number of fused-ring (bicyclic) bond motifs is 3. The van der Waals surface area contributed by atoms with Crippen LogP contribution in [0.5, 0.6) is 6.01 Å². The van der Waals surface area contributed by atoms with Crippen molar-refractivity contribution in [1.82, 2.24) is 14.9 Å². The number of halogens is 4. The first-order valence-corrected chi connectivity index (χ1v) is 18.2. The van der Waals surface area contributed by atoms with E-state index in [0.717, 1.165) is 56.4 Å². The average Bonchev–Trinajstić information content (AvgIpc) is 3.61. The molecule has 264 valence electrons. The molecule has 14 heteroatoms. The molecule has 9 nitrogen and oxygen atoms in total. The Kier molecular flexibility index (Phi) is 9.24. The first-order chi connectivity index (χ1) is 23.9. The fourth-order valence-corrected chi connectivity index (χ4v) is 8.95. The zero-order valence-corrected chi connectivity index (χ0v) is 29.7. The van der Waals surface area contributed by atoms with Crippen LogP contribution >= 0.6 is 22.9 Å². The maximum absolute atomic E-state index is 17.1. The standard InChI is InChI=1S/C36H38ClF3N6O3S/c1-35(2,3)49-34(47)44-32-29(41-4)26-21(10-11-24(39)30(26)50-32)25-23(37)16-22-28(27(25)40)42-33(43-31(22)45-13-7-5-6-8-14-45)48-19-36-12-9-15-46(36)18-20(38)17-36/h10-11,16,20H,5-9,12-15,17-19H2,1-3H3,(H,44,47)/t20-,36+/m1/s1. The third kappa shape index (κ3) is 6.42. The second kappa shape index (κ2) is 13.4. The van der Waals surface area contributed by atoms with Crippen LogP contribution in [0.2, 0.25) is 5.02 Å². The van der Waals surface area contributed by atoms with Gasteiger partial charge in [0.25, 0.3) is 0 Å². The van der Waals surface area contributed by atoms with Crippen molar-refractivity contribution in [2.75, 3.05) is 43.0 Å². The van der Waals surface area contributed by atoms with Crippen LogP contribution in [0.25, 0.3) is 37.0 Å². The number of benzene rings is 2. The third-order valence-corrected chi connectivity index (χ3v) is 11.1. The van der Waals surface area contributed by atoms with E-state index in [4.69, 9.17) is 32.6 Å². The number of nitrogens with zero attached hydrogens (tertiary/aromatic N) is 5. The van der Waals surface area contributed by atoms with E-state index in [1.807, 2.05) is 0 Å². The molecule has 0 bridgehead atoms. The monoisotopic (exact) mass is 726 g/mol. The molecule has 1 N–H and O–H groups in total. The number of carbonyl (C=O) groups is 1. The summed E-state index contributed by atoms with van der Waals surface area (Å²) < 4.78 is 58.6. The number of alkyl halides is 1. The summed E-state index contributed by atoms with van der Waals surface area (Å²) in [6.07, 6.45) is 4.38. The summed E-state index contributed by atoms with van der Waals surface area (Å²) in [4.78, 5) is 29.9. The minimum Gasteiger partial charge on any atom is -0.461 e. The van der Waals surface area contributed by atoms with E-state index in [1.165, 1.54) is 12.1 Å². The van der Waals surface area contributed by atoms with E-state index in [2.05, 4.69) is 24.9 Å². The normalized spacial score (nSPS) is 21.3. The zero-order chi connectivity index (χ0) is 35.4. The van der Waals surface area contributed by atoms with Crippen LogP contribution in [-0.4, -0.2) is 71.1 Å². The van der Waals surface area contributed by atoms with Gasteiger partial charge in [-0.05, 0) is 70.7 Å². The molecule has 5 heterocycles. The lowest BCUT2D eigenvalue weighted by Gasteiger charge is -2.31. The molecule has 2 aromatic carbocycles. The molecule has 0 spiro atoms. The van der Waals surface area contributed by atoms with Crippen molar-refractivity contribution < 1.29 is 27.4 Å². The van der Waals surface area contributed by atoms with Gasteiger partial charge in [-0.25, -0.2) is 22.8 Å². The summed E-state index contributed by atoms with van der Waals surface area (Å²) in [5, 5.41) is 3.17. The van der Waals surface area contributed by atoms with Crippen LogP contribution in [0.1, 0.15) is 65.7 Å². The second-order valence-corrected chi connectivity index (χ2v) is 15.8. The summed E-state index contributed by atoms with van der Waals surface area (Å²) >= 11 is 7.76. The molecule has 3 aliphatic heterocycles. The summed E-state index contributed by atoms with van der Waals surface area (Å²) in [7, 11) is 0. The number of carbonyl (C=O) groups excluding carboxylic acids is 1. The summed E-state index contributed by atoms with van der Waals surface area (Å²) in [5.41, 5.74) is -1.27. The number of amides is 1. The number of hydrogen-bond acceptors (Lipinski definition) is 8. The van der Waals surface area contributed by atoms with E-state index >= 15 is 8.78 Å². The van der Waals surface area contributed by atoms with Crippen LogP contribution in [-0.2, 0) is 4.74 Å². The Labute approximate surface area is 297 Å². The first kappa shape index (κ1) is 34.6. The number of thiophene rings is 1. The van der Waals surface area contributed by atoms with Gasteiger partial charge in [0.15, 0.2) is 5.82 Å². The molecule has 3 saturated heterocycles. The number of rotatable bonds is 6. The van der Waals surface area contributed by atoms with Crippen molar-refractivity contribution in [3.63, 3.8) is 0 Å². The molecule has 2 atom stereocenters. The van der Waals surface area contributed by atoms with Crippen molar-refractivity contribution >= 4 is 66.5 Å². The van der Waals surface area contributed by atoms with Crippen LogP contribution in [0.15, 0.2) is 18.2 Å². The lowest BCUT2D eigenvalue weighted by Crippen LogP contribution is -2.43. The zero-order valence-electron chi connectivity index (χ0n) is 28.2. The lowest BCUT2D eigenvalue weighted by atomic mass is 9.95. The van der Waals surface area contributed by atoms with Gasteiger partial charge >= 0.3 is 12.1 Å². The molecule has 0 saturated carbocycles. The Bertz CT molecular complexity index is 2020. The van der Waals surface area contributed by atoms with E-state index in [0.29, 0.717) is 37.3 Å². The van der Waals surface area contributed by atoms with Gasteiger partial charge < -0.3 is 14.4 Å². The number of anilines is 2. The highest BCUT2D eigenvalue weighted by Crippen LogP contribution is 2.50. The highest BCUT2D eigenvalue weighted by Gasteiger charge is 2.49. The third-order valence-electron chi connectivity index (χ3n) is 9.74. The topological polar surface area (TPSA) is 84.2 Å². The van der Waals surface area contributed by atoms with Gasteiger partial charge in [-0.1, -0.05) is 30.5 Å². The van der Waals surface area contributed by atoms with Crippen LogP contribution in [0.4, 0.5) is 34.5 Å². The number of ether oxygens (including phenoxy) is 2. The van der Waals surface area contributed by atoms with E-state index < -0.39 is 35.0 Å². The van der Waals surface area contributed by atoms with E-state index in [9.17, 15) is 9.18 Å². The summed E-state index contributed by atoms with van der Waals surface area (Å²) in [5.74, 6) is -0.921. The second-order valence-electron chi connectivity index (χ2n) is 14.4. The maximum atomic E-state index is 17.1. The minimum atomic E-state index is -0.934. The van der Waals surface area contributed by atoms with Crippen molar-refractivity contribution in [3.05, 3.63) is 46.3 Å². The van der Waals surface area contributed by atoms with Crippen LogP contribution < -0.4 is 15.0 Å². The smallest absolute Gasteiger partial charge is 0.411 e. The molecule has 3 aliphatic rings. The molecule has 0 aliphatic carbocycles. The predicted octanol–water partition coefficient (Wildman–Crippen LogP) is 9.68. The fourth-order valence-electron chi connectivity index (χ4n) is 7.59. The van der Waals surface area contributed by atoms with Gasteiger partial charge in [0, 0.05) is 42.4 Å². The fraction of sp³-hybridized carbons (Fsp3) is 0.500. The Hall–Kier alpha value is -3.86. The molecule has 3 fully saturated rings. The highest BCUT2D eigenvalue weighted by molar-refractivity contribution is 7.24. The van der Waals surface area contributed by atoms with Crippen molar-refractivity contribution in [1.29, 1.82) is 0 Å². The molecule has 0 unspecified atom stereocenters. The Morgan fingerprint density at radius 2 is 1.92 bits per heavy atom. The van der Waals surface area contributed by atoms with Gasteiger partial charge in [0.1, 0.15) is 40.5 Å². The van der Waals surface area contributed by atoms with E-state index in [1.54, 1.807) is 26.8 Å². The number of nitrogens with one attached hydrogen (secondary N) is 1. The molecule has 2 aromatic heterocycles. The minimum absolute atomic E-state index is 0.0158. The quantitative estimate of drug-likeness (QED) is 0.198. The highest BCUT2D eigenvalue weighted by atomic mass is 35.5. The predicted molar refractivity (Wildman–Crippen MR) is 191 cm³/mol. The molecule has 7 rings (SSSR count). The van der Waals surface area contributed by atoms with Gasteiger partial charge in [-0.2, -0.15) is 9.97 Å². The SMILES string of the molecule is [C-]#[N+]c1c(NC(=O)OC(C)(C)C)sc2c(F)ccc(-c3c(Cl)cc4c(N5CCCCCC5)nc(OC[C@@]56CCCN5C[C@H](F)C6)nc4c3F)c12. The Morgan fingerprint density at radius 3 is 2.64 bits per heavy atom. The van der Waals surface area contributed by atoms with Gasteiger partial charge in [-0.15, -0.1) is 11.3 Å². The number of aromatic nitrogens is 2. The molecule has 4 aromatic rings.